The number of alkyl halides is 1. The van der Waals surface area contributed by atoms with E-state index < -0.39 is 9.84 Å². The van der Waals surface area contributed by atoms with Gasteiger partial charge in [-0.2, -0.15) is 0 Å². The molecule has 0 saturated carbocycles. The van der Waals surface area contributed by atoms with Crippen LogP contribution in [0, 0.1) is 0 Å². The fourth-order valence-electron chi connectivity index (χ4n) is 2.10. The Balaban J connectivity index is 2.32. The van der Waals surface area contributed by atoms with Crippen LogP contribution in [0.4, 0.5) is 0 Å². The molecule has 2 rings (SSSR count). The number of benzene rings is 1. The van der Waals surface area contributed by atoms with Gasteiger partial charge in [-0.05, 0) is 11.6 Å². The molecular formula is C13H17BrO3S. The Morgan fingerprint density at radius 2 is 2.11 bits per heavy atom. The number of hydrogen-bond donors (Lipinski definition) is 0. The van der Waals surface area contributed by atoms with E-state index in [1.165, 1.54) is 6.26 Å². The van der Waals surface area contributed by atoms with Gasteiger partial charge in [-0.3, -0.25) is 0 Å². The normalized spacial score (nSPS) is 19.1. The Bertz CT molecular complexity index is 564. The number of hydrogen-bond acceptors (Lipinski definition) is 3. The summed E-state index contributed by atoms with van der Waals surface area (Å²) in [6.45, 7) is 4.93. The van der Waals surface area contributed by atoms with Crippen LogP contribution in [0.5, 0.6) is 5.75 Å². The molecule has 1 aromatic rings. The van der Waals surface area contributed by atoms with Gasteiger partial charge in [0.25, 0.3) is 0 Å². The van der Waals surface area contributed by atoms with Gasteiger partial charge in [0.05, 0.1) is 17.2 Å². The zero-order valence-electron chi connectivity index (χ0n) is 10.7. The average Bonchev–Trinajstić information content (AvgIpc) is 2.52. The molecule has 5 heteroatoms. The number of ether oxygens (including phenoxy) is 1. The maximum atomic E-state index is 11.3. The van der Waals surface area contributed by atoms with Crippen molar-refractivity contribution in [2.45, 2.75) is 24.1 Å². The summed E-state index contributed by atoms with van der Waals surface area (Å²) >= 11 is 3.45. The van der Waals surface area contributed by atoms with Gasteiger partial charge in [0.2, 0.25) is 0 Å². The fraction of sp³-hybridized carbons (Fsp3) is 0.538. The summed E-state index contributed by atoms with van der Waals surface area (Å²) in [7, 11) is -2.99. The van der Waals surface area contributed by atoms with Gasteiger partial charge >= 0.3 is 0 Å². The Kier molecular flexibility index (Phi) is 3.49. The molecular weight excluding hydrogens is 316 g/mol. The van der Waals surface area contributed by atoms with E-state index in [0.717, 1.165) is 16.9 Å². The summed E-state index contributed by atoms with van der Waals surface area (Å²) in [6, 6.07) is 5.90. The van der Waals surface area contributed by atoms with Crippen molar-refractivity contribution in [1.29, 1.82) is 0 Å². The van der Waals surface area contributed by atoms with E-state index in [2.05, 4.69) is 29.8 Å². The van der Waals surface area contributed by atoms with E-state index in [1.54, 1.807) is 0 Å². The second-order valence-corrected chi connectivity index (χ2v) is 8.78. The van der Waals surface area contributed by atoms with Gasteiger partial charge in [0.15, 0.2) is 0 Å². The SMILES string of the molecule is CC1(C)COc2ccc(C(Br)CS(C)(=O)=O)cc21. The Morgan fingerprint density at radius 1 is 1.44 bits per heavy atom. The second-order valence-electron chi connectivity index (χ2n) is 5.49. The molecule has 0 amide bonds. The fourth-order valence-corrected chi connectivity index (χ4v) is 4.54. The third-order valence-corrected chi connectivity index (χ3v) is 5.35. The minimum atomic E-state index is -2.99. The van der Waals surface area contributed by atoms with Crippen LogP contribution in [-0.2, 0) is 15.3 Å². The zero-order chi connectivity index (χ0) is 13.6. The predicted octanol–water partition coefficient (Wildman–Crippen LogP) is 2.84. The van der Waals surface area contributed by atoms with Crippen molar-refractivity contribution in [3.05, 3.63) is 29.3 Å². The lowest BCUT2D eigenvalue weighted by Gasteiger charge is -2.17. The lowest BCUT2D eigenvalue weighted by Crippen LogP contribution is -2.18. The quantitative estimate of drug-likeness (QED) is 0.799. The molecule has 0 saturated heterocycles. The Labute approximate surface area is 117 Å². The highest BCUT2D eigenvalue weighted by Crippen LogP contribution is 2.40. The van der Waals surface area contributed by atoms with Crippen LogP contribution in [0.2, 0.25) is 0 Å². The third-order valence-electron chi connectivity index (χ3n) is 3.13. The van der Waals surface area contributed by atoms with Crippen molar-refractivity contribution in [2.24, 2.45) is 0 Å². The highest BCUT2D eigenvalue weighted by molar-refractivity contribution is 9.09. The summed E-state index contributed by atoms with van der Waals surface area (Å²) in [5.41, 5.74) is 2.12. The maximum Gasteiger partial charge on any atom is 0.148 e. The van der Waals surface area contributed by atoms with E-state index in [-0.39, 0.29) is 16.0 Å². The molecule has 1 heterocycles. The topological polar surface area (TPSA) is 43.4 Å². The van der Waals surface area contributed by atoms with Gasteiger partial charge in [0.1, 0.15) is 15.6 Å². The van der Waals surface area contributed by atoms with Crippen LogP contribution in [0.3, 0.4) is 0 Å². The summed E-state index contributed by atoms with van der Waals surface area (Å²) < 4.78 is 28.3. The van der Waals surface area contributed by atoms with Crippen molar-refractivity contribution in [3.63, 3.8) is 0 Å². The average molecular weight is 333 g/mol. The number of rotatable bonds is 3. The molecule has 1 unspecified atom stereocenters. The maximum absolute atomic E-state index is 11.3. The number of sulfone groups is 1. The van der Waals surface area contributed by atoms with Crippen LogP contribution in [0.25, 0.3) is 0 Å². The minimum Gasteiger partial charge on any atom is -0.492 e. The van der Waals surface area contributed by atoms with Crippen LogP contribution in [0.15, 0.2) is 18.2 Å². The molecule has 1 aliphatic rings. The van der Waals surface area contributed by atoms with E-state index >= 15 is 0 Å². The van der Waals surface area contributed by atoms with E-state index in [9.17, 15) is 8.42 Å². The molecule has 1 aromatic carbocycles. The van der Waals surface area contributed by atoms with Crippen LogP contribution in [-0.4, -0.2) is 27.0 Å². The molecule has 3 nitrogen and oxygen atoms in total. The molecule has 0 aliphatic carbocycles. The first kappa shape index (κ1) is 13.9. The molecule has 18 heavy (non-hydrogen) atoms. The van der Waals surface area contributed by atoms with Crippen LogP contribution >= 0.6 is 15.9 Å². The number of fused-ring (bicyclic) bond motifs is 1. The largest absolute Gasteiger partial charge is 0.492 e. The van der Waals surface area contributed by atoms with E-state index in [0.29, 0.717) is 6.61 Å². The Hall–Kier alpha value is -0.550. The highest BCUT2D eigenvalue weighted by Gasteiger charge is 2.32. The van der Waals surface area contributed by atoms with Crippen LogP contribution < -0.4 is 4.74 Å². The van der Waals surface area contributed by atoms with Gasteiger partial charge in [-0.1, -0.05) is 41.9 Å². The third kappa shape index (κ3) is 2.88. The molecule has 0 bridgehead atoms. The monoisotopic (exact) mass is 332 g/mol. The summed E-state index contributed by atoms with van der Waals surface area (Å²) in [5.74, 6) is 1.01. The molecule has 1 atom stereocenters. The summed E-state index contributed by atoms with van der Waals surface area (Å²) in [6.07, 6.45) is 1.25. The molecule has 0 radical (unpaired) electrons. The lowest BCUT2D eigenvalue weighted by atomic mass is 9.86. The second kappa shape index (κ2) is 4.53. The first-order chi connectivity index (χ1) is 8.19. The highest BCUT2D eigenvalue weighted by atomic mass is 79.9. The van der Waals surface area contributed by atoms with Crippen molar-refractivity contribution >= 4 is 25.8 Å². The lowest BCUT2D eigenvalue weighted by molar-refractivity contribution is 0.291. The van der Waals surface area contributed by atoms with Gasteiger partial charge in [-0.25, -0.2) is 8.42 Å². The smallest absolute Gasteiger partial charge is 0.148 e. The molecule has 100 valence electrons. The zero-order valence-corrected chi connectivity index (χ0v) is 13.1. The van der Waals surface area contributed by atoms with E-state index in [1.807, 2.05) is 18.2 Å². The van der Waals surface area contributed by atoms with Gasteiger partial charge in [-0.15, -0.1) is 0 Å². The molecule has 0 aromatic heterocycles. The molecule has 1 aliphatic heterocycles. The first-order valence-electron chi connectivity index (χ1n) is 5.78. The molecule has 0 N–H and O–H groups in total. The van der Waals surface area contributed by atoms with Crippen molar-refractivity contribution in [2.75, 3.05) is 18.6 Å². The summed E-state index contributed by atoms with van der Waals surface area (Å²) in [4.78, 5) is -0.172. The van der Waals surface area contributed by atoms with Gasteiger partial charge in [0, 0.05) is 17.2 Å². The molecule has 0 spiro atoms. The van der Waals surface area contributed by atoms with Crippen molar-refractivity contribution < 1.29 is 13.2 Å². The first-order valence-corrected chi connectivity index (χ1v) is 8.76. The summed E-state index contributed by atoms with van der Waals surface area (Å²) in [5, 5.41) is 0. The van der Waals surface area contributed by atoms with Crippen LogP contribution in [0.1, 0.15) is 29.8 Å². The predicted molar refractivity (Wildman–Crippen MR) is 76.3 cm³/mol. The van der Waals surface area contributed by atoms with Crippen molar-refractivity contribution in [3.8, 4) is 5.75 Å². The standard InChI is InChI=1S/C13H17BrO3S/c1-13(2)8-17-12-5-4-9(6-10(12)13)11(14)7-18(3,15)16/h4-6,11H,7-8H2,1-3H3. The Morgan fingerprint density at radius 3 is 2.72 bits per heavy atom. The van der Waals surface area contributed by atoms with E-state index in [4.69, 9.17) is 4.74 Å². The van der Waals surface area contributed by atoms with Gasteiger partial charge < -0.3 is 4.74 Å². The van der Waals surface area contributed by atoms with Crippen molar-refractivity contribution in [1.82, 2.24) is 0 Å². The molecule has 0 fully saturated rings. The minimum absolute atomic E-state index is 0.0108. The number of halogens is 1.